The normalized spacial score (nSPS) is 15.7. The largest absolute Gasteiger partial charge is 0.337 e. The van der Waals surface area contributed by atoms with Crippen molar-refractivity contribution in [3.63, 3.8) is 0 Å². The lowest BCUT2D eigenvalue weighted by atomic mass is 10.00. The number of fused-ring (bicyclic) bond motifs is 3. The van der Waals surface area contributed by atoms with E-state index >= 15 is 0 Å². The molecule has 1 aromatic heterocycles. The molecule has 0 aliphatic carbocycles. The molecule has 4 heteroatoms. The maximum Gasteiger partial charge on any atom is 0.256 e. The minimum atomic E-state index is 0.0863. The highest BCUT2D eigenvalue weighted by molar-refractivity contribution is 6.15. The Balaban J connectivity index is 1.89. The van der Waals surface area contributed by atoms with Crippen LogP contribution in [0.3, 0.4) is 0 Å². The van der Waals surface area contributed by atoms with Crippen LogP contribution in [0.15, 0.2) is 48.7 Å². The molecule has 0 unspecified atom stereocenters. The molecule has 1 fully saturated rings. The lowest BCUT2D eigenvalue weighted by molar-refractivity contribution is 0.0768. The van der Waals surface area contributed by atoms with Gasteiger partial charge in [0.1, 0.15) is 0 Å². The van der Waals surface area contributed by atoms with Crippen molar-refractivity contribution in [2.45, 2.75) is 6.42 Å². The van der Waals surface area contributed by atoms with E-state index in [0.29, 0.717) is 5.56 Å². The van der Waals surface area contributed by atoms with E-state index < -0.39 is 0 Å². The molecule has 1 amide bonds. The van der Waals surface area contributed by atoms with Gasteiger partial charge in [0.15, 0.2) is 0 Å². The molecule has 0 radical (unpaired) electrons. The second-order valence-corrected chi connectivity index (χ2v) is 5.94. The van der Waals surface area contributed by atoms with Crippen LogP contribution in [-0.4, -0.2) is 42.0 Å². The summed E-state index contributed by atoms with van der Waals surface area (Å²) in [5.41, 5.74) is 1.51. The standard InChI is InChI=1S/C19H19N3O/c23-19(22-11-4-8-20-10-12-22)17-13-14-5-1-2-6-15(14)16-7-3-9-21-18(16)17/h1-3,5-7,9,13,20H,4,8,10-12H2. The van der Waals surface area contributed by atoms with Gasteiger partial charge in [0.2, 0.25) is 0 Å². The highest BCUT2D eigenvalue weighted by Crippen LogP contribution is 2.28. The predicted octanol–water partition coefficient (Wildman–Crippen LogP) is 2.82. The number of carbonyl (C=O) groups is 1. The number of nitrogens with zero attached hydrogens (tertiary/aromatic N) is 2. The minimum Gasteiger partial charge on any atom is -0.337 e. The SMILES string of the molecule is O=C(c1cc2ccccc2c2cccnc12)N1CCCNCC1. The van der Waals surface area contributed by atoms with Crippen LogP contribution in [-0.2, 0) is 0 Å². The molecule has 1 N–H and O–H groups in total. The Kier molecular flexibility index (Phi) is 3.67. The second-order valence-electron chi connectivity index (χ2n) is 5.94. The average Bonchev–Trinajstić information content (AvgIpc) is 2.90. The first-order valence-electron chi connectivity index (χ1n) is 8.11. The molecule has 0 bridgehead atoms. The van der Waals surface area contributed by atoms with Gasteiger partial charge in [0.05, 0.1) is 11.1 Å². The fourth-order valence-corrected chi connectivity index (χ4v) is 3.31. The molecule has 2 aromatic carbocycles. The number of hydrogen-bond acceptors (Lipinski definition) is 3. The first-order valence-corrected chi connectivity index (χ1v) is 8.11. The molecule has 0 spiro atoms. The van der Waals surface area contributed by atoms with Crippen molar-refractivity contribution in [2.24, 2.45) is 0 Å². The van der Waals surface area contributed by atoms with E-state index in [-0.39, 0.29) is 5.91 Å². The third-order valence-corrected chi connectivity index (χ3v) is 4.47. The van der Waals surface area contributed by atoms with Crippen LogP contribution in [0.2, 0.25) is 0 Å². The zero-order chi connectivity index (χ0) is 15.6. The van der Waals surface area contributed by atoms with E-state index in [9.17, 15) is 4.79 Å². The van der Waals surface area contributed by atoms with Crippen LogP contribution in [0.25, 0.3) is 21.7 Å². The summed E-state index contributed by atoms with van der Waals surface area (Å²) in [4.78, 5) is 19.5. The monoisotopic (exact) mass is 305 g/mol. The van der Waals surface area contributed by atoms with Crippen molar-refractivity contribution in [2.75, 3.05) is 26.2 Å². The van der Waals surface area contributed by atoms with E-state index in [4.69, 9.17) is 0 Å². The molecular formula is C19H19N3O. The molecule has 0 saturated carbocycles. The van der Waals surface area contributed by atoms with Gasteiger partial charge in [-0.2, -0.15) is 0 Å². The molecule has 3 aromatic rings. The molecule has 0 atom stereocenters. The van der Waals surface area contributed by atoms with Gasteiger partial charge >= 0.3 is 0 Å². The number of hydrogen-bond donors (Lipinski definition) is 1. The number of rotatable bonds is 1. The van der Waals surface area contributed by atoms with Gasteiger partial charge in [-0.1, -0.05) is 30.3 Å². The molecule has 4 nitrogen and oxygen atoms in total. The Hall–Kier alpha value is -2.46. The van der Waals surface area contributed by atoms with Crippen LogP contribution >= 0.6 is 0 Å². The summed E-state index contributed by atoms with van der Waals surface area (Å²) < 4.78 is 0. The fraction of sp³-hybridized carbons (Fsp3) is 0.263. The summed E-state index contributed by atoms with van der Waals surface area (Å²) in [6.45, 7) is 3.37. The summed E-state index contributed by atoms with van der Waals surface area (Å²) in [6, 6.07) is 14.1. The fourth-order valence-electron chi connectivity index (χ4n) is 3.31. The average molecular weight is 305 g/mol. The maximum atomic E-state index is 13.1. The number of nitrogens with one attached hydrogen (secondary N) is 1. The maximum absolute atomic E-state index is 13.1. The Morgan fingerprint density at radius 2 is 1.91 bits per heavy atom. The van der Waals surface area contributed by atoms with Crippen molar-refractivity contribution >= 4 is 27.6 Å². The van der Waals surface area contributed by atoms with Gasteiger partial charge in [0.25, 0.3) is 5.91 Å². The number of pyridine rings is 1. The molecule has 116 valence electrons. The number of amides is 1. The van der Waals surface area contributed by atoms with Gasteiger partial charge in [-0.15, -0.1) is 0 Å². The van der Waals surface area contributed by atoms with Crippen LogP contribution in [0, 0.1) is 0 Å². The van der Waals surface area contributed by atoms with Crippen molar-refractivity contribution in [1.82, 2.24) is 15.2 Å². The summed E-state index contributed by atoms with van der Waals surface area (Å²) in [5.74, 6) is 0.0863. The van der Waals surface area contributed by atoms with Gasteiger partial charge < -0.3 is 10.2 Å². The zero-order valence-electron chi connectivity index (χ0n) is 13.0. The highest BCUT2D eigenvalue weighted by Gasteiger charge is 2.20. The lowest BCUT2D eigenvalue weighted by Gasteiger charge is -2.21. The Labute approximate surface area is 135 Å². The van der Waals surface area contributed by atoms with Crippen molar-refractivity contribution in [3.05, 3.63) is 54.2 Å². The van der Waals surface area contributed by atoms with Crippen LogP contribution in [0.1, 0.15) is 16.8 Å². The number of aromatic nitrogens is 1. The summed E-state index contributed by atoms with van der Waals surface area (Å²) in [5, 5.41) is 6.61. The van der Waals surface area contributed by atoms with E-state index in [2.05, 4.69) is 22.4 Å². The highest BCUT2D eigenvalue weighted by atomic mass is 16.2. The van der Waals surface area contributed by atoms with E-state index in [1.54, 1.807) is 6.20 Å². The smallest absolute Gasteiger partial charge is 0.256 e. The first-order chi connectivity index (χ1) is 11.3. The van der Waals surface area contributed by atoms with Crippen molar-refractivity contribution in [1.29, 1.82) is 0 Å². The summed E-state index contributed by atoms with van der Waals surface area (Å²) in [7, 11) is 0. The van der Waals surface area contributed by atoms with Crippen molar-refractivity contribution in [3.8, 4) is 0 Å². The summed E-state index contributed by atoms with van der Waals surface area (Å²) >= 11 is 0. The van der Waals surface area contributed by atoms with Crippen LogP contribution < -0.4 is 5.32 Å². The quantitative estimate of drug-likeness (QED) is 0.703. The molecule has 23 heavy (non-hydrogen) atoms. The molecule has 4 rings (SSSR count). The van der Waals surface area contributed by atoms with Crippen LogP contribution in [0.4, 0.5) is 0 Å². The van der Waals surface area contributed by atoms with Gasteiger partial charge in [-0.25, -0.2) is 0 Å². The van der Waals surface area contributed by atoms with Crippen LogP contribution in [0.5, 0.6) is 0 Å². The van der Waals surface area contributed by atoms with Crippen molar-refractivity contribution < 1.29 is 4.79 Å². The molecule has 1 aliphatic heterocycles. The molecule has 1 aliphatic rings. The predicted molar refractivity (Wildman–Crippen MR) is 92.6 cm³/mol. The first kappa shape index (κ1) is 14.2. The number of benzene rings is 2. The van der Waals surface area contributed by atoms with E-state index in [1.807, 2.05) is 35.2 Å². The van der Waals surface area contributed by atoms with Gasteiger partial charge in [-0.3, -0.25) is 9.78 Å². The van der Waals surface area contributed by atoms with Gasteiger partial charge in [0, 0.05) is 31.2 Å². The van der Waals surface area contributed by atoms with E-state index in [0.717, 1.165) is 54.3 Å². The molecule has 2 heterocycles. The van der Waals surface area contributed by atoms with Gasteiger partial charge in [-0.05, 0) is 35.9 Å². The zero-order valence-corrected chi connectivity index (χ0v) is 13.0. The summed E-state index contributed by atoms with van der Waals surface area (Å²) in [6.07, 6.45) is 2.75. The Morgan fingerprint density at radius 3 is 2.87 bits per heavy atom. The van der Waals surface area contributed by atoms with E-state index in [1.165, 1.54) is 0 Å². The molecular weight excluding hydrogens is 286 g/mol. The Morgan fingerprint density at radius 1 is 1.04 bits per heavy atom. The minimum absolute atomic E-state index is 0.0863. The third kappa shape index (κ3) is 2.55. The Bertz CT molecular complexity index is 867. The molecule has 1 saturated heterocycles. The third-order valence-electron chi connectivity index (χ3n) is 4.47. The topological polar surface area (TPSA) is 45.2 Å². The second kappa shape index (κ2) is 5.97. The number of carbonyl (C=O) groups excluding carboxylic acids is 1. The lowest BCUT2D eigenvalue weighted by Crippen LogP contribution is -2.34.